The van der Waals surface area contributed by atoms with Gasteiger partial charge in [-0.15, -0.1) is 0 Å². The first-order valence-electron chi connectivity index (χ1n) is 10.3. The second-order valence-corrected chi connectivity index (χ2v) is 10.1. The molecule has 2 aromatic carbocycles. The van der Waals surface area contributed by atoms with Crippen LogP contribution >= 0.6 is 0 Å². The Morgan fingerprint density at radius 3 is 2.29 bits per heavy atom. The molecule has 0 aromatic heterocycles. The van der Waals surface area contributed by atoms with Crippen molar-refractivity contribution in [1.29, 1.82) is 0 Å². The minimum Gasteiger partial charge on any atom is -0.326 e. The third kappa shape index (κ3) is 5.11. The number of nitrogens with one attached hydrogen (secondary N) is 1. The minimum absolute atomic E-state index is 0.0535. The summed E-state index contributed by atoms with van der Waals surface area (Å²) in [6, 6.07) is 11.5. The molecule has 1 aliphatic rings. The summed E-state index contributed by atoms with van der Waals surface area (Å²) in [4.78, 5) is 23.5. The highest BCUT2D eigenvalue weighted by Crippen LogP contribution is 2.27. The highest BCUT2D eigenvalue weighted by Gasteiger charge is 2.32. The van der Waals surface area contributed by atoms with Crippen molar-refractivity contribution in [2.75, 3.05) is 18.4 Å². The van der Waals surface area contributed by atoms with Gasteiger partial charge in [-0.2, -0.15) is 4.31 Å². The van der Waals surface area contributed by atoms with E-state index in [4.69, 9.17) is 0 Å². The predicted molar refractivity (Wildman–Crippen MR) is 118 cm³/mol. The first-order chi connectivity index (χ1) is 14.6. The number of hydrogen-bond acceptors (Lipinski definition) is 5. The van der Waals surface area contributed by atoms with Gasteiger partial charge >= 0.3 is 0 Å². The number of amides is 1. The first kappa shape index (κ1) is 22.9. The van der Waals surface area contributed by atoms with Crippen LogP contribution in [-0.4, -0.2) is 36.6 Å². The van der Waals surface area contributed by atoms with Crippen LogP contribution in [0.5, 0.6) is 0 Å². The third-order valence-electron chi connectivity index (χ3n) is 5.68. The largest absolute Gasteiger partial charge is 0.326 e. The summed E-state index contributed by atoms with van der Waals surface area (Å²) in [5.41, 5.74) is 1.90. The van der Waals surface area contributed by atoms with E-state index in [2.05, 4.69) is 5.32 Å². The molecule has 0 radical (unpaired) electrons. The van der Waals surface area contributed by atoms with E-state index in [1.807, 2.05) is 26.0 Å². The lowest BCUT2D eigenvalue weighted by molar-refractivity contribution is -0.385. The van der Waals surface area contributed by atoms with Crippen LogP contribution in [0.25, 0.3) is 0 Å². The number of hydrogen-bond donors (Lipinski definition) is 1. The first-order valence-corrected chi connectivity index (χ1v) is 11.7. The Morgan fingerprint density at radius 2 is 1.74 bits per heavy atom. The van der Waals surface area contributed by atoms with Crippen LogP contribution in [0.4, 0.5) is 11.4 Å². The molecule has 0 saturated carbocycles. The highest BCUT2D eigenvalue weighted by molar-refractivity contribution is 7.89. The van der Waals surface area contributed by atoms with Crippen LogP contribution in [0, 0.1) is 23.0 Å². The van der Waals surface area contributed by atoms with Gasteiger partial charge in [0.05, 0.1) is 9.82 Å². The number of sulfonamides is 1. The summed E-state index contributed by atoms with van der Waals surface area (Å²) in [5.74, 6) is -0.285. The van der Waals surface area contributed by atoms with Crippen LogP contribution in [-0.2, 0) is 14.8 Å². The van der Waals surface area contributed by atoms with Gasteiger partial charge in [-0.05, 0) is 49.4 Å². The number of benzene rings is 2. The summed E-state index contributed by atoms with van der Waals surface area (Å²) in [6.45, 7) is 6.24. The molecule has 2 aromatic rings. The van der Waals surface area contributed by atoms with Gasteiger partial charge in [-0.25, -0.2) is 8.42 Å². The second-order valence-electron chi connectivity index (χ2n) is 8.15. The lowest BCUT2D eigenvalue weighted by Crippen LogP contribution is -2.41. The quantitative estimate of drug-likeness (QED) is 0.532. The number of anilines is 1. The molecule has 3 rings (SSSR count). The SMILES string of the molecule is Cc1ccc(NC(=O)C2CCN(S(=O)(=O)c3ccc(C(C)C)cc3)CC2)cc1[N+](=O)[O-]. The molecule has 166 valence electrons. The Balaban J connectivity index is 1.63. The van der Waals surface area contributed by atoms with E-state index in [0.717, 1.165) is 5.56 Å². The van der Waals surface area contributed by atoms with Gasteiger partial charge in [-0.1, -0.05) is 32.0 Å². The molecular formula is C22H27N3O5S. The van der Waals surface area contributed by atoms with Crippen molar-refractivity contribution in [2.24, 2.45) is 5.92 Å². The fourth-order valence-corrected chi connectivity index (χ4v) is 5.13. The molecule has 0 aliphatic carbocycles. The van der Waals surface area contributed by atoms with Crippen molar-refractivity contribution >= 4 is 27.3 Å². The maximum Gasteiger partial charge on any atom is 0.274 e. The van der Waals surface area contributed by atoms with Crippen LogP contribution in [0.1, 0.15) is 43.7 Å². The van der Waals surface area contributed by atoms with E-state index < -0.39 is 14.9 Å². The van der Waals surface area contributed by atoms with Crippen molar-refractivity contribution in [3.05, 3.63) is 63.7 Å². The molecule has 8 nitrogen and oxygen atoms in total. The summed E-state index contributed by atoms with van der Waals surface area (Å²) < 4.78 is 27.3. The Bertz CT molecular complexity index is 1070. The highest BCUT2D eigenvalue weighted by atomic mass is 32.2. The van der Waals surface area contributed by atoms with Gasteiger partial charge in [0, 0.05) is 36.3 Å². The smallest absolute Gasteiger partial charge is 0.274 e. The topological polar surface area (TPSA) is 110 Å². The zero-order valence-electron chi connectivity index (χ0n) is 17.9. The van der Waals surface area contributed by atoms with E-state index in [1.54, 1.807) is 31.2 Å². The van der Waals surface area contributed by atoms with E-state index in [0.29, 0.717) is 30.0 Å². The van der Waals surface area contributed by atoms with Gasteiger partial charge in [0.2, 0.25) is 15.9 Å². The van der Waals surface area contributed by atoms with Gasteiger partial charge < -0.3 is 5.32 Å². The third-order valence-corrected chi connectivity index (χ3v) is 7.60. The Kier molecular flexibility index (Phi) is 6.76. The maximum absolute atomic E-state index is 12.9. The molecule has 1 N–H and O–H groups in total. The van der Waals surface area contributed by atoms with Gasteiger partial charge in [0.1, 0.15) is 0 Å². The number of carbonyl (C=O) groups excluding carboxylic acids is 1. The van der Waals surface area contributed by atoms with Gasteiger partial charge in [0.25, 0.3) is 5.69 Å². The normalized spacial score (nSPS) is 15.7. The molecule has 0 atom stereocenters. The van der Waals surface area contributed by atoms with Crippen molar-refractivity contribution in [3.63, 3.8) is 0 Å². The van der Waals surface area contributed by atoms with Crippen LogP contribution in [0.2, 0.25) is 0 Å². The summed E-state index contributed by atoms with van der Waals surface area (Å²) in [6.07, 6.45) is 0.784. The van der Waals surface area contributed by atoms with E-state index >= 15 is 0 Å². The molecule has 0 spiro atoms. The lowest BCUT2D eigenvalue weighted by Gasteiger charge is -2.30. The number of piperidine rings is 1. The second kappa shape index (κ2) is 9.15. The zero-order chi connectivity index (χ0) is 22.8. The molecule has 1 aliphatic heterocycles. The van der Waals surface area contributed by atoms with Crippen molar-refractivity contribution in [2.45, 2.75) is 44.4 Å². The van der Waals surface area contributed by atoms with E-state index in [9.17, 15) is 23.3 Å². The molecule has 1 fully saturated rings. The van der Waals surface area contributed by atoms with Gasteiger partial charge in [0.15, 0.2) is 0 Å². The standard InChI is InChI=1S/C22H27N3O5S/c1-15(2)17-5-8-20(9-6-17)31(29,30)24-12-10-18(11-13-24)22(26)23-19-7-4-16(3)21(14-19)25(27)28/h4-9,14-15,18H,10-13H2,1-3H3,(H,23,26). The molecule has 0 bridgehead atoms. The zero-order valence-corrected chi connectivity index (χ0v) is 18.7. The van der Waals surface area contributed by atoms with Gasteiger partial charge in [-0.3, -0.25) is 14.9 Å². The fraction of sp³-hybridized carbons (Fsp3) is 0.409. The van der Waals surface area contributed by atoms with E-state index in [1.165, 1.54) is 10.4 Å². The number of rotatable bonds is 6. The molecular weight excluding hydrogens is 418 g/mol. The molecule has 1 amide bonds. The Morgan fingerprint density at radius 1 is 1.13 bits per heavy atom. The fourth-order valence-electron chi connectivity index (χ4n) is 3.66. The number of nitro groups is 1. The number of carbonyl (C=O) groups is 1. The van der Waals surface area contributed by atoms with Crippen LogP contribution in [0.3, 0.4) is 0 Å². The maximum atomic E-state index is 12.9. The Hall–Kier alpha value is -2.78. The summed E-state index contributed by atoms with van der Waals surface area (Å²) in [5, 5.41) is 13.8. The average Bonchev–Trinajstić information content (AvgIpc) is 2.75. The monoisotopic (exact) mass is 445 g/mol. The number of nitrogens with zero attached hydrogens (tertiary/aromatic N) is 2. The Labute approximate surface area is 182 Å². The molecule has 0 unspecified atom stereocenters. The molecule has 31 heavy (non-hydrogen) atoms. The van der Waals surface area contributed by atoms with Crippen molar-refractivity contribution in [3.8, 4) is 0 Å². The van der Waals surface area contributed by atoms with E-state index in [-0.39, 0.29) is 35.5 Å². The molecule has 1 heterocycles. The number of aryl methyl sites for hydroxylation is 1. The summed E-state index contributed by atoms with van der Waals surface area (Å²) in [7, 11) is -3.61. The predicted octanol–water partition coefficient (Wildman–Crippen LogP) is 4.07. The van der Waals surface area contributed by atoms with Crippen molar-refractivity contribution in [1.82, 2.24) is 4.31 Å². The number of nitro benzene ring substituents is 1. The molecule has 9 heteroatoms. The minimum atomic E-state index is -3.61. The van der Waals surface area contributed by atoms with Crippen LogP contribution in [0.15, 0.2) is 47.4 Å². The van der Waals surface area contributed by atoms with Crippen molar-refractivity contribution < 1.29 is 18.1 Å². The summed E-state index contributed by atoms with van der Waals surface area (Å²) >= 11 is 0. The molecule has 1 saturated heterocycles. The lowest BCUT2D eigenvalue weighted by atomic mass is 9.97. The average molecular weight is 446 g/mol. The van der Waals surface area contributed by atoms with Crippen LogP contribution < -0.4 is 5.32 Å².